The Morgan fingerprint density at radius 3 is 1.92 bits per heavy atom. The van der Waals surface area contributed by atoms with Crippen LogP contribution in [-0.4, -0.2) is 30.4 Å². The summed E-state index contributed by atoms with van der Waals surface area (Å²) in [6.07, 6.45) is 7.08. The lowest BCUT2D eigenvalue weighted by Crippen LogP contribution is -2.21. The molecule has 9 heteroatoms. The summed E-state index contributed by atoms with van der Waals surface area (Å²) in [6.45, 7) is 9.14. The minimum absolute atomic E-state index is 0.128. The molecule has 0 saturated carbocycles. The molecule has 2 aromatic rings. The van der Waals surface area contributed by atoms with Crippen LogP contribution in [0.2, 0.25) is 0 Å². The number of azo groups is 1. The molecule has 9 nitrogen and oxygen atoms in total. The second-order valence-corrected chi connectivity index (χ2v) is 9.38. The Balaban J connectivity index is 2.10. The molecule has 0 bridgehead atoms. The predicted octanol–water partition coefficient (Wildman–Crippen LogP) is 9.03. The highest BCUT2D eigenvalue weighted by molar-refractivity contribution is 5.89. The number of amides is 2. The van der Waals surface area contributed by atoms with E-state index in [0.717, 1.165) is 51.4 Å². The number of carbonyl (C=O) groups excluding carboxylic acids is 2. The molecule has 2 unspecified atom stereocenters. The van der Waals surface area contributed by atoms with Gasteiger partial charge in [-0.05, 0) is 48.9 Å². The fourth-order valence-corrected chi connectivity index (χ4v) is 3.76. The topological polar surface area (TPSA) is 114 Å². The van der Waals surface area contributed by atoms with E-state index in [0.29, 0.717) is 36.4 Å². The molecule has 38 heavy (non-hydrogen) atoms. The van der Waals surface area contributed by atoms with Crippen molar-refractivity contribution in [3.63, 3.8) is 0 Å². The number of unbranched alkanes of at least 4 members (excludes halogenated alkanes) is 2. The molecule has 1 heterocycles. The molecule has 208 valence electrons. The molecule has 2 amide bonds. The second-order valence-electron chi connectivity index (χ2n) is 9.38. The molecule has 0 aliphatic heterocycles. The Morgan fingerprint density at radius 1 is 0.789 bits per heavy atom. The van der Waals surface area contributed by atoms with Crippen LogP contribution >= 0.6 is 0 Å². The van der Waals surface area contributed by atoms with E-state index in [4.69, 9.17) is 9.47 Å². The van der Waals surface area contributed by atoms with Crippen molar-refractivity contribution >= 4 is 35.2 Å². The fraction of sp³-hybridized carbons (Fsp3) is 0.552. The first kappa shape index (κ1) is 30.7. The molecule has 0 fully saturated rings. The number of anilines is 2. The molecule has 1 aromatic heterocycles. The van der Waals surface area contributed by atoms with Crippen molar-refractivity contribution in [3.8, 4) is 0 Å². The first-order valence-electron chi connectivity index (χ1n) is 13.8. The monoisotopic (exact) mass is 525 g/mol. The van der Waals surface area contributed by atoms with Crippen LogP contribution in [0.1, 0.15) is 79.1 Å². The minimum atomic E-state index is -0.634. The Bertz CT molecular complexity index is 1000. The quantitative estimate of drug-likeness (QED) is 0.212. The van der Waals surface area contributed by atoms with Crippen molar-refractivity contribution in [1.29, 1.82) is 0 Å². The molecule has 2 atom stereocenters. The summed E-state index contributed by atoms with van der Waals surface area (Å²) in [5.74, 6) is 0.979. The minimum Gasteiger partial charge on any atom is -0.449 e. The third-order valence-corrected chi connectivity index (χ3v) is 6.34. The number of aromatic nitrogens is 1. The maximum atomic E-state index is 12.6. The normalized spacial score (nSPS) is 12.6. The van der Waals surface area contributed by atoms with Crippen LogP contribution in [0.5, 0.6) is 0 Å². The number of benzene rings is 1. The van der Waals surface area contributed by atoms with Gasteiger partial charge in [0.25, 0.3) is 0 Å². The van der Waals surface area contributed by atoms with E-state index < -0.39 is 12.2 Å². The van der Waals surface area contributed by atoms with Gasteiger partial charge in [0, 0.05) is 0 Å². The average molecular weight is 526 g/mol. The Hall–Kier alpha value is -3.49. The summed E-state index contributed by atoms with van der Waals surface area (Å²) in [5, 5.41) is 13.8. The number of hydrogen-bond donors (Lipinski definition) is 2. The Kier molecular flexibility index (Phi) is 14.5. The van der Waals surface area contributed by atoms with Crippen molar-refractivity contribution in [2.75, 3.05) is 23.8 Å². The van der Waals surface area contributed by atoms with Crippen molar-refractivity contribution in [2.24, 2.45) is 22.1 Å². The lowest BCUT2D eigenvalue weighted by molar-refractivity contribution is 0.135. The molecule has 2 rings (SSSR count). The molecule has 1 aromatic carbocycles. The molecule has 2 N–H and O–H groups in total. The number of nitrogens with zero attached hydrogens (tertiary/aromatic N) is 3. The van der Waals surface area contributed by atoms with Crippen LogP contribution in [0, 0.1) is 11.8 Å². The van der Waals surface area contributed by atoms with Gasteiger partial charge in [-0.2, -0.15) is 5.11 Å². The Morgan fingerprint density at radius 2 is 1.37 bits per heavy atom. The summed E-state index contributed by atoms with van der Waals surface area (Å²) in [4.78, 5) is 29.4. The summed E-state index contributed by atoms with van der Waals surface area (Å²) >= 11 is 0. The highest BCUT2D eigenvalue weighted by Crippen LogP contribution is 2.27. The zero-order valence-electron chi connectivity index (χ0n) is 23.2. The van der Waals surface area contributed by atoms with E-state index in [2.05, 4.69) is 53.5 Å². The van der Waals surface area contributed by atoms with Gasteiger partial charge in [0.05, 0.1) is 18.9 Å². The van der Waals surface area contributed by atoms with Gasteiger partial charge in [0.2, 0.25) is 0 Å². The predicted molar refractivity (Wildman–Crippen MR) is 151 cm³/mol. The number of carbonyl (C=O) groups is 2. The number of hydrogen-bond acceptors (Lipinski definition) is 7. The van der Waals surface area contributed by atoms with Gasteiger partial charge in [-0.15, -0.1) is 5.11 Å². The molecule has 0 saturated heterocycles. The van der Waals surface area contributed by atoms with Gasteiger partial charge in [-0.1, -0.05) is 84.4 Å². The van der Waals surface area contributed by atoms with Crippen molar-refractivity contribution < 1.29 is 19.1 Å². The number of nitrogens with one attached hydrogen (secondary N) is 2. The third-order valence-electron chi connectivity index (χ3n) is 6.34. The zero-order chi connectivity index (χ0) is 27.6. The molecular weight excluding hydrogens is 482 g/mol. The van der Waals surface area contributed by atoms with Crippen LogP contribution < -0.4 is 10.6 Å². The standard InChI is InChI=1S/C29H43N5O4/c1-5-9-14-22(7-3)20-37-28(35)31-26-19-18-25(34-33-24-16-12-11-13-17-24)27(30-26)32-29(36)38-21-23(8-4)15-10-6-2/h11-13,16-19,22-23H,5-10,14-15,20-21H2,1-4H3,(H2,30,31,32,35,36)/b34-33+. The van der Waals surface area contributed by atoms with Crippen molar-refractivity contribution in [3.05, 3.63) is 42.5 Å². The van der Waals surface area contributed by atoms with E-state index in [9.17, 15) is 9.59 Å². The third kappa shape index (κ3) is 11.7. The van der Waals surface area contributed by atoms with Gasteiger partial charge >= 0.3 is 12.2 Å². The van der Waals surface area contributed by atoms with Crippen molar-refractivity contribution in [2.45, 2.75) is 79.1 Å². The lowest BCUT2D eigenvalue weighted by Gasteiger charge is -2.16. The molecule has 0 spiro atoms. The van der Waals surface area contributed by atoms with Crippen LogP contribution in [0.15, 0.2) is 52.7 Å². The second kappa shape index (κ2) is 17.9. The molecule has 0 radical (unpaired) electrons. The van der Waals surface area contributed by atoms with E-state index in [1.165, 1.54) is 0 Å². The first-order chi connectivity index (χ1) is 18.5. The fourth-order valence-electron chi connectivity index (χ4n) is 3.76. The van der Waals surface area contributed by atoms with E-state index in [1.54, 1.807) is 12.1 Å². The van der Waals surface area contributed by atoms with Gasteiger partial charge in [-0.3, -0.25) is 10.6 Å². The summed E-state index contributed by atoms with van der Waals surface area (Å²) < 4.78 is 10.9. The number of pyridine rings is 1. The van der Waals surface area contributed by atoms with Crippen molar-refractivity contribution in [1.82, 2.24) is 4.98 Å². The average Bonchev–Trinajstić information content (AvgIpc) is 2.93. The molecule has 0 aliphatic rings. The van der Waals surface area contributed by atoms with Crippen LogP contribution in [0.25, 0.3) is 0 Å². The van der Waals surface area contributed by atoms with Gasteiger partial charge in [0.15, 0.2) is 5.82 Å². The SMILES string of the molecule is CCCCC(CC)COC(=O)Nc1ccc(/N=N/c2ccccc2)c(NC(=O)OCC(CC)CCCC)n1. The summed E-state index contributed by atoms with van der Waals surface area (Å²) in [5.41, 5.74) is 0.982. The van der Waals surface area contributed by atoms with Gasteiger partial charge in [-0.25, -0.2) is 14.6 Å². The number of ether oxygens (including phenoxy) is 2. The van der Waals surface area contributed by atoms with E-state index in [-0.39, 0.29) is 11.6 Å². The highest BCUT2D eigenvalue weighted by atomic mass is 16.6. The largest absolute Gasteiger partial charge is 0.449 e. The first-order valence-corrected chi connectivity index (χ1v) is 13.8. The van der Waals surface area contributed by atoms with E-state index in [1.807, 2.05) is 30.3 Å². The summed E-state index contributed by atoms with van der Waals surface area (Å²) in [7, 11) is 0. The van der Waals surface area contributed by atoms with Crippen LogP contribution in [0.4, 0.5) is 32.6 Å². The number of rotatable bonds is 16. The smallest absolute Gasteiger partial charge is 0.412 e. The maximum absolute atomic E-state index is 12.6. The van der Waals surface area contributed by atoms with E-state index >= 15 is 0 Å². The summed E-state index contributed by atoms with van der Waals surface area (Å²) in [6, 6.07) is 12.4. The maximum Gasteiger partial charge on any atom is 0.412 e. The highest BCUT2D eigenvalue weighted by Gasteiger charge is 2.16. The lowest BCUT2D eigenvalue weighted by atomic mass is 10.0. The Labute approximate surface area is 226 Å². The molecular formula is C29H43N5O4. The molecule has 0 aliphatic carbocycles. The van der Waals surface area contributed by atoms with Crippen LogP contribution in [-0.2, 0) is 9.47 Å². The van der Waals surface area contributed by atoms with Gasteiger partial charge in [0.1, 0.15) is 11.5 Å². The van der Waals surface area contributed by atoms with Gasteiger partial charge < -0.3 is 9.47 Å². The van der Waals surface area contributed by atoms with Crippen LogP contribution in [0.3, 0.4) is 0 Å². The zero-order valence-corrected chi connectivity index (χ0v) is 23.2.